The number of aryl methyl sites for hydroxylation is 2. The maximum Gasteiger partial charge on any atom is 0.351 e. The molecule has 0 fully saturated rings. The predicted molar refractivity (Wildman–Crippen MR) is 83.6 cm³/mol. The second-order valence-electron chi connectivity index (χ2n) is 4.60. The van der Waals surface area contributed by atoms with Crippen LogP contribution in [0, 0.1) is 13.8 Å². The van der Waals surface area contributed by atoms with Crippen LogP contribution in [0.1, 0.15) is 27.2 Å². The number of hydrogen-bond acceptors (Lipinski definition) is 4. The van der Waals surface area contributed by atoms with Gasteiger partial charge in [-0.3, -0.25) is 4.79 Å². The van der Waals surface area contributed by atoms with Crippen molar-refractivity contribution in [2.24, 2.45) is 0 Å². The molecule has 1 aromatic heterocycles. The summed E-state index contributed by atoms with van der Waals surface area (Å²) in [5.74, 6) is -0.789. The van der Waals surface area contributed by atoms with Crippen molar-refractivity contribution in [3.05, 3.63) is 67.7 Å². The van der Waals surface area contributed by atoms with E-state index in [1.807, 2.05) is 31.2 Å². The summed E-state index contributed by atoms with van der Waals surface area (Å²) in [6.07, 6.45) is 2.82. The number of hydrogen-bond donors (Lipinski definition) is 1. The highest BCUT2D eigenvalue weighted by molar-refractivity contribution is 9.10. The first kappa shape index (κ1) is 15.3. The molecular formula is C16H13BrO4. The number of carbonyl (C=O) groups excluding carboxylic acids is 1. The summed E-state index contributed by atoms with van der Waals surface area (Å²) in [6, 6.07) is 7.55. The SMILES string of the molecule is Cc1cccc(/C=C/C(=O)c2c(O)c(Br)c(C)oc2=O)c1. The Balaban J connectivity index is 2.38. The normalized spacial score (nSPS) is 11.0. The number of allylic oxidation sites excluding steroid dienone is 1. The molecule has 0 saturated heterocycles. The molecule has 4 nitrogen and oxygen atoms in total. The molecule has 21 heavy (non-hydrogen) atoms. The zero-order valence-corrected chi connectivity index (χ0v) is 13.1. The molecule has 108 valence electrons. The minimum Gasteiger partial charge on any atom is -0.506 e. The van der Waals surface area contributed by atoms with Crippen molar-refractivity contribution in [1.29, 1.82) is 0 Å². The minimum atomic E-state index is -0.855. The summed E-state index contributed by atoms with van der Waals surface area (Å²) in [6.45, 7) is 3.46. The molecule has 0 unspecified atom stereocenters. The third-order valence-electron chi connectivity index (χ3n) is 2.92. The van der Waals surface area contributed by atoms with E-state index in [2.05, 4.69) is 15.9 Å². The fourth-order valence-corrected chi connectivity index (χ4v) is 2.13. The van der Waals surface area contributed by atoms with Crippen LogP contribution < -0.4 is 5.63 Å². The molecule has 0 aliphatic heterocycles. The average molecular weight is 349 g/mol. The van der Waals surface area contributed by atoms with Crippen LogP contribution >= 0.6 is 15.9 Å². The third-order valence-corrected chi connectivity index (χ3v) is 3.85. The second-order valence-corrected chi connectivity index (χ2v) is 5.39. The van der Waals surface area contributed by atoms with E-state index < -0.39 is 17.2 Å². The van der Waals surface area contributed by atoms with Crippen molar-refractivity contribution in [1.82, 2.24) is 0 Å². The largest absolute Gasteiger partial charge is 0.506 e. The Labute approximate surface area is 129 Å². The van der Waals surface area contributed by atoms with E-state index in [4.69, 9.17) is 4.42 Å². The first-order chi connectivity index (χ1) is 9.90. The van der Waals surface area contributed by atoms with Crippen LogP contribution in [0.3, 0.4) is 0 Å². The maximum atomic E-state index is 12.1. The van der Waals surface area contributed by atoms with Crippen LogP contribution in [0.15, 0.2) is 44.0 Å². The molecule has 1 heterocycles. The molecule has 0 amide bonds. The van der Waals surface area contributed by atoms with Crippen LogP contribution in [-0.4, -0.2) is 10.9 Å². The zero-order chi connectivity index (χ0) is 15.6. The van der Waals surface area contributed by atoms with Crippen molar-refractivity contribution in [2.75, 3.05) is 0 Å². The van der Waals surface area contributed by atoms with E-state index in [1.54, 1.807) is 6.08 Å². The smallest absolute Gasteiger partial charge is 0.351 e. The molecule has 0 spiro atoms. The molecule has 0 aliphatic carbocycles. The van der Waals surface area contributed by atoms with Crippen LogP contribution in [0.5, 0.6) is 5.75 Å². The van der Waals surface area contributed by atoms with Crippen LogP contribution in [0.4, 0.5) is 0 Å². The molecule has 2 rings (SSSR count). The van der Waals surface area contributed by atoms with Gasteiger partial charge in [0.25, 0.3) is 0 Å². The number of rotatable bonds is 3. The maximum absolute atomic E-state index is 12.1. The van der Waals surface area contributed by atoms with Crippen molar-refractivity contribution >= 4 is 27.8 Å². The van der Waals surface area contributed by atoms with E-state index in [0.717, 1.165) is 11.1 Å². The van der Waals surface area contributed by atoms with Gasteiger partial charge in [0.2, 0.25) is 0 Å². The quantitative estimate of drug-likeness (QED) is 0.679. The summed E-state index contributed by atoms with van der Waals surface area (Å²) in [5.41, 5.74) is 0.659. The van der Waals surface area contributed by atoms with Gasteiger partial charge < -0.3 is 9.52 Å². The molecule has 0 bridgehead atoms. The van der Waals surface area contributed by atoms with Gasteiger partial charge in [-0.15, -0.1) is 0 Å². The van der Waals surface area contributed by atoms with E-state index in [9.17, 15) is 14.7 Å². The van der Waals surface area contributed by atoms with Crippen LogP contribution in [0.25, 0.3) is 6.08 Å². The Morgan fingerprint density at radius 1 is 1.33 bits per heavy atom. The predicted octanol–water partition coefficient (Wildman–Crippen LogP) is 3.62. The number of carbonyl (C=O) groups is 1. The second kappa shape index (κ2) is 6.10. The topological polar surface area (TPSA) is 67.5 Å². The fraction of sp³-hybridized carbons (Fsp3) is 0.125. The third kappa shape index (κ3) is 3.31. The number of benzene rings is 1. The fourth-order valence-electron chi connectivity index (χ4n) is 1.85. The Bertz CT molecular complexity index is 787. The summed E-state index contributed by atoms with van der Waals surface area (Å²) >= 11 is 3.08. The molecule has 0 aliphatic rings. The van der Waals surface area contributed by atoms with Gasteiger partial charge in [-0.05, 0) is 41.4 Å². The molecule has 1 aromatic carbocycles. The van der Waals surface area contributed by atoms with E-state index >= 15 is 0 Å². The van der Waals surface area contributed by atoms with Gasteiger partial charge in [0.15, 0.2) is 17.1 Å². The standard InChI is InChI=1S/C16H13BrO4/c1-9-4-3-5-11(8-9)6-7-12(18)13-15(19)14(17)10(2)21-16(13)20/h3-8,19H,1-2H3/b7-6+. The Hall–Kier alpha value is -2.14. The lowest BCUT2D eigenvalue weighted by Crippen LogP contribution is -2.13. The number of aromatic hydroxyl groups is 1. The molecular weight excluding hydrogens is 336 g/mol. The molecule has 0 atom stereocenters. The molecule has 0 saturated carbocycles. The Morgan fingerprint density at radius 3 is 2.71 bits per heavy atom. The average Bonchev–Trinajstić information content (AvgIpc) is 2.43. The van der Waals surface area contributed by atoms with Gasteiger partial charge in [0.1, 0.15) is 5.76 Å². The summed E-state index contributed by atoms with van der Waals surface area (Å²) in [4.78, 5) is 23.8. The number of ketones is 1. The van der Waals surface area contributed by atoms with Gasteiger partial charge in [-0.1, -0.05) is 35.9 Å². The highest BCUT2D eigenvalue weighted by Crippen LogP contribution is 2.29. The van der Waals surface area contributed by atoms with Crippen LogP contribution in [0.2, 0.25) is 0 Å². The summed E-state index contributed by atoms with van der Waals surface area (Å²) in [5, 5.41) is 9.91. The van der Waals surface area contributed by atoms with Gasteiger partial charge >= 0.3 is 5.63 Å². The van der Waals surface area contributed by atoms with Gasteiger partial charge in [-0.2, -0.15) is 0 Å². The monoisotopic (exact) mass is 348 g/mol. The van der Waals surface area contributed by atoms with Crippen molar-refractivity contribution < 1.29 is 14.3 Å². The lowest BCUT2D eigenvalue weighted by molar-refractivity contribution is 0.104. The van der Waals surface area contributed by atoms with Crippen molar-refractivity contribution in [3.8, 4) is 5.75 Å². The van der Waals surface area contributed by atoms with Crippen molar-refractivity contribution in [3.63, 3.8) is 0 Å². The zero-order valence-electron chi connectivity index (χ0n) is 11.5. The first-order valence-electron chi connectivity index (χ1n) is 6.21. The van der Waals surface area contributed by atoms with Crippen molar-refractivity contribution in [2.45, 2.75) is 13.8 Å². The first-order valence-corrected chi connectivity index (χ1v) is 7.00. The summed E-state index contributed by atoms with van der Waals surface area (Å²) in [7, 11) is 0. The van der Waals surface area contributed by atoms with Gasteiger partial charge in [0.05, 0.1) is 4.47 Å². The highest BCUT2D eigenvalue weighted by atomic mass is 79.9. The minimum absolute atomic E-state index is 0.203. The van der Waals surface area contributed by atoms with E-state index in [1.165, 1.54) is 13.0 Å². The Morgan fingerprint density at radius 2 is 2.05 bits per heavy atom. The Kier molecular flexibility index (Phi) is 4.43. The number of halogens is 1. The van der Waals surface area contributed by atoms with Crippen LogP contribution in [-0.2, 0) is 0 Å². The molecule has 2 aromatic rings. The van der Waals surface area contributed by atoms with E-state index in [-0.39, 0.29) is 15.8 Å². The van der Waals surface area contributed by atoms with Gasteiger partial charge in [0, 0.05) is 0 Å². The lowest BCUT2D eigenvalue weighted by atomic mass is 10.1. The molecule has 1 N–H and O–H groups in total. The lowest BCUT2D eigenvalue weighted by Gasteiger charge is -2.03. The van der Waals surface area contributed by atoms with E-state index in [0.29, 0.717) is 0 Å². The van der Waals surface area contributed by atoms with Gasteiger partial charge in [-0.25, -0.2) is 4.79 Å². The highest BCUT2D eigenvalue weighted by Gasteiger charge is 2.20. The molecule has 5 heteroatoms. The molecule has 0 radical (unpaired) electrons. The summed E-state index contributed by atoms with van der Waals surface area (Å²) < 4.78 is 5.10.